The van der Waals surface area contributed by atoms with Crippen LogP contribution in [0.4, 0.5) is 0 Å². The fourth-order valence-corrected chi connectivity index (χ4v) is 3.52. The molecule has 0 unspecified atom stereocenters. The SMILES string of the molecule is CN(C)Cc1ccc(-c2ncc3oc4ccc(Br)cc4c3n2)c(Cl)c1. The van der Waals surface area contributed by atoms with Gasteiger partial charge in [-0.15, -0.1) is 0 Å². The summed E-state index contributed by atoms with van der Waals surface area (Å²) in [5.74, 6) is 0.594. The average molecular weight is 417 g/mol. The molecule has 4 rings (SSSR count). The first-order valence-electron chi connectivity index (χ1n) is 7.79. The van der Waals surface area contributed by atoms with Crippen molar-refractivity contribution in [2.75, 3.05) is 14.1 Å². The molecular formula is C19H15BrClN3O. The molecule has 126 valence electrons. The molecule has 0 aliphatic carbocycles. The van der Waals surface area contributed by atoms with Gasteiger partial charge in [-0.2, -0.15) is 0 Å². The normalized spacial score (nSPS) is 11.7. The number of fused-ring (bicyclic) bond motifs is 3. The number of furan rings is 1. The number of hydrogen-bond acceptors (Lipinski definition) is 4. The quantitative estimate of drug-likeness (QED) is 0.441. The lowest BCUT2D eigenvalue weighted by Crippen LogP contribution is -2.10. The van der Waals surface area contributed by atoms with E-state index in [1.807, 2.05) is 44.4 Å². The van der Waals surface area contributed by atoms with Gasteiger partial charge in [-0.05, 0) is 50.0 Å². The van der Waals surface area contributed by atoms with Gasteiger partial charge in [0.2, 0.25) is 0 Å². The van der Waals surface area contributed by atoms with Gasteiger partial charge in [0.05, 0.1) is 11.2 Å². The number of benzene rings is 2. The van der Waals surface area contributed by atoms with Crippen LogP contribution in [0.5, 0.6) is 0 Å². The third kappa shape index (κ3) is 3.15. The van der Waals surface area contributed by atoms with Crippen LogP contribution in [0.3, 0.4) is 0 Å². The highest BCUT2D eigenvalue weighted by Gasteiger charge is 2.13. The summed E-state index contributed by atoms with van der Waals surface area (Å²) in [5, 5.41) is 1.60. The zero-order valence-electron chi connectivity index (χ0n) is 13.8. The van der Waals surface area contributed by atoms with Gasteiger partial charge in [-0.25, -0.2) is 9.97 Å². The molecule has 6 heteroatoms. The molecule has 0 aliphatic heterocycles. The third-order valence-electron chi connectivity index (χ3n) is 3.95. The molecule has 25 heavy (non-hydrogen) atoms. The van der Waals surface area contributed by atoms with E-state index in [0.717, 1.165) is 38.6 Å². The highest BCUT2D eigenvalue weighted by atomic mass is 79.9. The third-order valence-corrected chi connectivity index (χ3v) is 4.75. The van der Waals surface area contributed by atoms with Crippen molar-refractivity contribution in [2.24, 2.45) is 0 Å². The summed E-state index contributed by atoms with van der Waals surface area (Å²) in [6.45, 7) is 0.834. The molecule has 2 aromatic heterocycles. The molecule has 0 atom stereocenters. The maximum Gasteiger partial charge on any atom is 0.172 e. The molecule has 0 spiro atoms. The Bertz CT molecular complexity index is 1090. The van der Waals surface area contributed by atoms with E-state index in [4.69, 9.17) is 21.0 Å². The molecule has 4 aromatic rings. The molecule has 0 saturated carbocycles. The van der Waals surface area contributed by atoms with Crippen molar-refractivity contribution in [3.8, 4) is 11.4 Å². The van der Waals surface area contributed by atoms with E-state index < -0.39 is 0 Å². The largest absolute Gasteiger partial charge is 0.453 e. The zero-order chi connectivity index (χ0) is 17.6. The van der Waals surface area contributed by atoms with Crippen molar-refractivity contribution in [1.82, 2.24) is 14.9 Å². The zero-order valence-corrected chi connectivity index (χ0v) is 16.1. The first-order chi connectivity index (χ1) is 12.0. The van der Waals surface area contributed by atoms with E-state index in [-0.39, 0.29) is 0 Å². The number of aromatic nitrogens is 2. The van der Waals surface area contributed by atoms with E-state index in [1.54, 1.807) is 6.20 Å². The molecule has 2 aromatic carbocycles. The van der Waals surface area contributed by atoms with Crippen LogP contribution in [0.15, 0.2) is 51.5 Å². The Kier molecular flexibility index (Phi) is 4.23. The molecule has 0 aliphatic rings. The topological polar surface area (TPSA) is 42.2 Å². The first-order valence-corrected chi connectivity index (χ1v) is 8.97. The minimum Gasteiger partial charge on any atom is -0.453 e. The summed E-state index contributed by atoms with van der Waals surface area (Å²) in [6, 6.07) is 11.9. The molecule has 0 N–H and O–H groups in total. The van der Waals surface area contributed by atoms with Crippen LogP contribution in [0.25, 0.3) is 33.5 Å². The lowest BCUT2D eigenvalue weighted by molar-refractivity contribution is 0.402. The molecule has 0 bridgehead atoms. The summed E-state index contributed by atoms with van der Waals surface area (Å²) in [5.41, 5.74) is 4.21. The second-order valence-corrected chi connectivity index (χ2v) is 7.52. The van der Waals surface area contributed by atoms with Crippen molar-refractivity contribution in [3.63, 3.8) is 0 Å². The predicted octanol–water partition coefficient (Wildman–Crippen LogP) is 5.52. The molecule has 0 fully saturated rings. The van der Waals surface area contributed by atoms with Crippen molar-refractivity contribution in [3.05, 3.63) is 57.7 Å². The molecule has 4 nitrogen and oxygen atoms in total. The lowest BCUT2D eigenvalue weighted by atomic mass is 10.1. The van der Waals surface area contributed by atoms with Crippen LogP contribution in [-0.4, -0.2) is 29.0 Å². The maximum atomic E-state index is 6.49. The summed E-state index contributed by atoms with van der Waals surface area (Å²) in [7, 11) is 4.06. The molecular weight excluding hydrogens is 402 g/mol. The van der Waals surface area contributed by atoms with Gasteiger partial charge in [0.25, 0.3) is 0 Å². The van der Waals surface area contributed by atoms with E-state index in [2.05, 4.69) is 31.9 Å². The number of nitrogens with zero attached hydrogens (tertiary/aromatic N) is 3. The Balaban J connectivity index is 1.84. The second kappa shape index (κ2) is 6.41. The van der Waals surface area contributed by atoms with E-state index in [9.17, 15) is 0 Å². The summed E-state index contributed by atoms with van der Waals surface area (Å²) in [4.78, 5) is 11.2. The Morgan fingerprint density at radius 2 is 1.96 bits per heavy atom. The summed E-state index contributed by atoms with van der Waals surface area (Å²) < 4.78 is 6.79. The van der Waals surface area contributed by atoms with Gasteiger partial charge in [-0.3, -0.25) is 0 Å². The Morgan fingerprint density at radius 3 is 2.72 bits per heavy atom. The minimum atomic E-state index is 0.594. The van der Waals surface area contributed by atoms with E-state index in [0.29, 0.717) is 16.4 Å². The van der Waals surface area contributed by atoms with Gasteiger partial charge in [0, 0.05) is 22.0 Å². The minimum absolute atomic E-state index is 0.594. The Morgan fingerprint density at radius 1 is 1.12 bits per heavy atom. The number of hydrogen-bond donors (Lipinski definition) is 0. The molecule has 0 amide bonds. The van der Waals surface area contributed by atoms with Crippen LogP contribution in [0, 0.1) is 0 Å². The fourth-order valence-electron chi connectivity index (χ4n) is 2.87. The molecule has 0 saturated heterocycles. The van der Waals surface area contributed by atoms with Crippen LogP contribution >= 0.6 is 27.5 Å². The van der Waals surface area contributed by atoms with Gasteiger partial charge < -0.3 is 9.32 Å². The summed E-state index contributed by atoms with van der Waals surface area (Å²) >= 11 is 9.98. The van der Waals surface area contributed by atoms with E-state index in [1.165, 1.54) is 0 Å². The fraction of sp³-hybridized carbons (Fsp3) is 0.158. The maximum absolute atomic E-state index is 6.49. The van der Waals surface area contributed by atoms with Crippen molar-refractivity contribution in [2.45, 2.75) is 6.54 Å². The molecule has 0 radical (unpaired) electrons. The van der Waals surface area contributed by atoms with Gasteiger partial charge in [0.1, 0.15) is 11.1 Å². The van der Waals surface area contributed by atoms with Crippen molar-refractivity contribution >= 4 is 49.6 Å². The second-order valence-electron chi connectivity index (χ2n) is 6.20. The van der Waals surface area contributed by atoms with Gasteiger partial charge in [0.15, 0.2) is 11.4 Å². The van der Waals surface area contributed by atoms with Crippen molar-refractivity contribution in [1.29, 1.82) is 0 Å². The summed E-state index contributed by atoms with van der Waals surface area (Å²) in [6.07, 6.45) is 1.70. The number of rotatable bonds is 3. The highest BCUT2D eigenvalue weighted by molar-refractivity contribution is 9.10. The van der Waals surface area contributed by atoms with Gasteiger partial charge >= 0.3 is 0 Å². The predicted molar refractivity (Wildman–Crippen MR) is 105 cm³/mol. The Hall–Kier alpha value is -1.95. The van der Waals surface area contributed by atoms with Crippen LogP contribution in [-0.2, 0) is 6.54 Å². The van der Waals surface area contributed by atoms with Crippen LogP contribution < -0.4 is 0 Å². The van der Waals surface area contributed by atoms with Gasteiger partial charge in [-0.1, -0.05) is 33.6 Å². The van der Waals surface area contributed by atoms with Crippen molar-refractivity contribution < 1.29 is 4.42 Å². The standard InChI is InChI=1S/C19H15BrClN3O/c1-24(2)10-11-3-5-13(15(21)7-11)19-22-9-17-18(23-19)14-8-12(20)4-6-16(14)25-17/h3-9H,10H2,1-2H3. The first kappa shape index (κ1) is 16.5. The number of halogens is 2. The average Bonchev–Trinajstić information content (AvgIpc) is 2.91. The molecule has 2 heterocycles. The van der Waals surface area contributed by atoms with E-state index >= 15 is 0 Å². The lowest BCUT2D eigenvalue weighted by Gasteiger charge is -2.11. The highest BCUT2D eigenvalue weighted by Crippen LogP contribution is 2.32. The van der Waals surface area contributed by atoms with Crippen LogP contribution in [0.1, 0.15) is 5.56 Å². The Labute approximate surface area is 158 Å². The van der Waals surface area contributed by atoms with Crippen LogP contribution in [0.2, 0.25) is 5.02 Å². The smallest absolute Gasteiger partial charge is 0.172 e. The monoisotopic (exact) mass is 415 g/mol.